The molecule has 4 heteroatoms. The molecule has 3 nitrogen and oxygen atoms in total. The number of hydrogen-bond donors (Lipinski definition) is 1. The maximum absolute atomic E-state index is 11.9. The van der Waals surface area contributed by atoms with E-state index in [2.05, 4.69) is 5.32 Å². The standard InChI is InChI=1S/C16H16ClNO2/c1-20-16(19)15(13-9-5-6-10-14(13)17)18-11-12-7-3-2-4-8-12/h2-10,15,18H,11H2,1H3. The summed E-state index contributed by atoms with van der Waals surface area (Å²) in [5, 5.41) is 3.73. The summed E-state index contributed by atoms with van der Waals surface area (Å²) >= 11 is 6.15. The van der Waals surface area contributed by atoms with Gasteiger partial charge in [-0.1, -0.05) is 60.1 Å². The molecule has 0 heterocycles. The van der Waals surface area contributed by atoms with Crippen LogP contribution in [0.2, 0.25) is 5.02 Å². The highest BCUT2D eigenvalue weighted by Crippen LogP contribution is 2.24. The topological polar surface area (TPSA) is 38.3 Å². The molecule has 1 atom stereocenters. The van der Waals surface area contributed by atoms with Gasteiger partial charge in [0, 0.05) is 11.6 Å². The Morgan fingerprint density at radius 2 is 1.80 bits per heavy atom. The number of rotatable bonds is 5. The lowest BCUT2D eigenvalue weighted by molar-refractivity contribution is -0.143. The highest BCUT2D eigenvalue weighted by atomic mass is 35.5. The summed E-state index contributed by atoms with van der Waals surface area (Å²) in [5.41, 5.74) is 1.81. The zero-order valence-corrected chi connectivity index (χ0v) is 11.9. The van der Waals surface area contributed by atoms with E-state index in [0.29, 0.717) is 11.6 Å². The zero-order valence-electron chi connectivity index (χ0n) is 11.2. The van der Waals surface area contributed by atoms with E-state index < -0.39 is 6.04 Å². The third-order valence-corrected chi connectivity index (χ3v) is 3.35. The van der Waals surface area contributed by atoms with Gasteiger partial charge in [-0.25, -0.2) is 4.79 Å². The molecule has 0 aromatic heterocycles. The van der Waals surface area contributed by atoms with Crippen molar-refractivity contribution in [1.82, 2.24) is 5.32 Å². The zero-order chi connectivity index (χ0) is 14.4. The number of nitrogens with one attached hydrogen (secondary N) is 1. The molecular weight excluding hydrogens is 274 g/mol. The minimum atomic E-state index is -0.575. The Bertz CT molecular complexity index is 572. The van der Waals surface area contributed by atoms with Gasteiger partial charge in [-0.05, 0) is 17.2 Å². The van der Waals surface area contributed by atoms with E-state index in [1.54, 1.807) is 6.07 Å². The van der Waals surface area contributed by atoms with Gasteiger partial charge in [0.15, 0.2) is 0 Å². The first-order valence-electron chi connectivity index (χ1n) is 6.32. The molecule has 0 radical (unpaired) electrons. The van der Waals surface area contributed by atoms with Crippen LogP contribution in [-0.4, -0.2) is 13.1 Å². The molecule has 0 aliphatic rings. The largest absolute Gasteiger partial charge is 0.468 e. The van der Waals surface area contributed by atoms with E-state index in [0.717, 1.165) is 11.1 Å². The maximum atomic E-state index is 11.9. The fraction of sp³-hybridized carbons (Fsp3) is 0.188. The van der Waals surface area contributed by atoms with Gasteiger partial charge in [-0.2, -0.15) is 0 Å². The van der Waals surface area contributed by atoms with E-state index in [9.17, 15) is 4.79 Å². The van der Waals surface area contributed by atoms with Gasteiger partial charge < -0.3 is 4.74 Å². The highest BCUT2D eigenvalue weighted by molar-refractivity contribution is 6.31. The average molecular weight is 290 g/mol. The van der Waals surface area contributed by atoms with Crippen LogP contribution in [0.25, 0.3) is 0 Å². The van der Waals surface area contributed by atoms with E-state index in [1.807, 2.05) is 48.5 Å². The third kappa shape index (κ3) is 3.59. The van der Waals surface area contributed by atoms with Crippen LogP contribution in [0.1, 0.15) is 17.2 Å². The molecule has 2 rings (SSSR count). The number of carbonyl (C=O) groups excluding carboxylic acids is 1. The maximum Gasteiger partial charge on any atom is 0.327 e. The first kappa shape index (κ1) is 14.6. The lowest BCUT2D eigenvalue weighted by Crippen LogP contribution is -2.29. The minimum absolute atomic E-state index is 0.353. The molecule has 1 N–H and O–H groups in total. The van der Waals surface area contributed by atoms with Crippen LogP contribution in [0.3, 0.4) is 0 Å². The van der Waals surface area contributed by atoms with Gasteiger partial charge >= 0.3 is 5.97 Å². The molecular formula is C16H16ClNO2. The van der Waals surface area contributed by atoms with Crippen molar-refractivity contribution >= 4 is 17.6 Å². The van der Waals surface area contributed by atoms with Gasteiger partial charge in [0.25, 0.3) is 0 Å². The van der Waals surface area contributed by atoms with Gasteiger partial charge in [0.1, 0.15) is 6.04 Å². The van der Waals surface area contributed by atoms with Gasteiger partial charge in [0.2, 0.25) is 0 Å². The number of esters is 1. The van der Waals surface area contributed by atoms with Gasteiger partial charge in [-0.3, -0.25) is 5.32 Å². The highest BCUT2D eigenvalue weighted by Gasteiger charge is 2.22. The molecule has 0 fully saturated rings. The summed E-state index contributed by atoms with van der Waals surface area (Å²) in [7, 11) is 1.37. The van der Waals surface area contributed by atoms with Crippen molar-refractivity contribution in [3.8, 4) is 0 Å². The van der Waals surface area contributed by atoms with Crippen LogP contribution in [0.15, 0.2) is 54.6 Å². The van der Waals surface area contributed by atoms with Crippen molar-refractivity contribution in [2.24, 2.45) is 0 Å². The molecule has 0 saturated heterocycles. The van der Waals surface area contributed by atoms with Gasteiger partial charge in [-0.15, -0.1) is 0 Å². The van der Waals surface area contributed by atoms with Crippen LogP contribution in [-0.2, 0) is 16.1 Å². The SMILES string of the molecule is COC(=O)C(NCc1ccccc1)c1ccccc1Cl. The molecule has 1 unspecified atom stereocenters. The normalized spacial score (nSPS) is 11.9. The quantitative estimate of drug-likeness (QED) is 0.858. The molecule has 0 aliphatic carbocycles. The van der Waals surface area contributed by atoms with Crippen LogP contribution in [0.4, 0.5) is 0 Å². The summed E-state index contributed by atoms with van der Waals surface area (Å²) in [6.45, 7) is 0.561. The number of carbonyl (C=O) groups is 1. The van der Waals surface area contributed by atoms with E-state index >= 15 is 0 Å². The summed E-state index contributed by atoms with van der Waals surface area (Å²) in [6.07, 6.45) is 0. The molecule has 0 aliphatic heterocycles. The summed E-state index contributed by atoms with van der Waals surface area (Å²) < 4.78 is 4.85. The minimum Gasteiger partial charge on any atom is -0.468 e. The van der Waals surface area contributed by atoms with Crippen LogP contribution in [0, 0.1) is 0 Å². The van der Waals surface area contributed by atoms with Crippen LogP contribution >= 0.6 is 11.6 Å². The monoisotopic (exact) mass is 289 g/mol. The van der Waals surface area contributed by atoms with Crippen LogP contribution < -0.4 is 5.32 Å². The Morgan fingerprint density at radius 3 is 2.45 bits per heavy atom. The molecule has 104 valence electrons. The Kier molecular flexibility index (Phi) is 5.16. The molecule has 2 aromatic carbocycles. The van der Waals surface area contributed by atoms with E-state index in [1.165, 1.54) is 7.11 Å². The van der Waals surface area contributed by atoms with Crippen molar-refractivity contribution < 1.29 is 9.53 Å². The second-order valence-corrected chi connectivity index (χ2v) is 4.75. The van der Waals surface area contributed by atoms with E-state index in [-0.39, 0.29) is 5.97 Å². The molecule has 0 bridgehead atoms. The third-order valence-electron chi connectivity index (χ3n) is 3.01. The fourth-order valence-electron chi connectivity index (χ4n) is 1.96. The average Bonchev–Trinajstić information content (AvgIpc) is 2.50. The smallest absolute Gasteiger partial charge is 0.327 e. The Balaban J connectivity index is 2.17. The predicted molar refractivity (Wildman–Crippen MR) is 79.5 cm³/mol. The molecule has 0 amide bonds. The Hall–Kier alpha value is -1.84. The van der Waals surface area contributed by atoms with Crippen molar-refractivity contribution in [2.45, 2.75) is 12.6 Å². The fourth-order valence-corrected chi connectivity index (χ4v) is 2.21. The first-order valence-corrected chi connectivity index (χ1v) is 6.69. The first-order chi connectivity index (χ1) is 9.72. The number of hydrogen-bond acceptors (Lipinski definition) is 3. The number of ether oxygens (including phenoxy) is 1. The van der Waals surface area contributed by atoms with Crippen molar-refractivity contribution in [3.63, 3.8) is 0 Å². The van der Waals surface area contributed by atoms with Crippen molar-refractivity contribution in [1.29, 1.82) is 0 Å². The van der Waals surface area contributed by atoms with Gasteiger partial charge in [0.05, 0.1) is 7.11 Å². The number of halogens is 1. The Morgan fingerprint density at radius 1 is 1.15 bits per heavy atom. The van der Waals surface area contributed by atoms with E-state index in [4.69, 9.17) is 16.3 Å². The Labute approximate surface area is 123 Å². The lowest BCUT2D eigenvalue weighted by Gasteiger charge is -2.18. The van der Waals surface area contributed by atoms with Crippen molar-refractivity contribution in [3.05, 3.63) is 70.7 Å². The lowest BCUT2D eigenvalue weighted by atomic mass is 10.1. The molecule has 2 aromatic rings. The van der Waals surface area contributed by atoms with Crippen molar-refractivity contribution in [2.75, 3.05) is 7.11 Å². The number of methoxy groups -OCH3 is 1. The predicted octanol–water partition coefficient (Wildman–Crippen LogP) is 3.34. The summed E-state index contributed by atoms with van der Waals surface area (Å²) in [5.74, 6) is -0.353. The summed E-state index contributed by atoms with van der Waals surface area (Å²) in [6, 6.07) is 16.5. The number of benzene rings is 2. The second-order valence-electron chi connectivity index (χ2n) is 4.34. The molecule has 20 heavy (non-hydrogen) atoms. The summed E-state index contributed by atoms with van der Waals surface area (Å²) in [4.78, 5) is 11.9. The van der Waals surface area contributed by atoms with Crippen LogP contribution in [0.5, 0.6) is 0 Å². The molecule has 0 spiro atoms. The second kappa shape index (κ2) is 7.08. The molecule has 0 saturated carbocycles.